The SMILES string of the molecule is Cc1c(C#N)c(O)n(C2CCCCC2)c(=O)c1N=Nc1ccc([N+](=O)[O-])cc1Br. The molecule has 0 saturated heterocycles. The average molecular weight is 460 g/mol. The molecule has 9 nitrogen and oxygen atoms in total. The first-order valence-electron chi connectivity index (χ1n) is 9.09. The van der Waals surface area contributed by atoms with Gasteiger partial charge in [0.2, 0.25) is 5.88 Å². The molecule has 1 fully saturated rings. The molecule has 1 aromatic heterocycles. The minimum Gasteiger partial charge on any atom is -0.493 e. The number of nitro benzene ring substituents is 1. The van der Waals surface area contributed by atoms with Crippen molar-refractivity contribution < 1.29 is 10.0 Å². The predicted octanol–water partition coefficient (Wildman–Crippen LogP) is 5.33. The van der Waals surface area contributed by atoms with E-state index in [1.54, 1.807) is 0 Å². The number of aromatic nitrogens is 1. The smallest absolute Gasteiger partial charge is 0.281 e. The number of hydrogen-bond acceptors (Lipinski definition) is 7. The predicted molar refractivity (Wildman–Crippen MR) is 109 cm³/mol. The Morgan fingerprint density at radius 2 is 2.00 bits per heavy atom. The summed E-state index contributed by atoms with van der Waals surface area (Å²) in [5.41, 5.74) is -0.119. The summed E-state index contributed by atoms with van der Waals surface area (Å²) in [5.74, 6) is -0.336. The normalized spacial score (nSPS) is 14.8. The summed E-state index contributed by atoms with van der Waals surface area (Å²) >= 11 is 3.21. The topological polar surface area (TPSA) is 134 Å². The van der Waals surface area contributed by atoms with Crippen molar-refractivity contribution in [2.75, 3.05) is 0 Å². The van der Waals surface area contributed by atoms with Gasteiger partial charge in [-0.3, -0.25) is 19.5 Å². The van der Waals surface area contributed by atoms with Crippen molar-refractivity contribution in [3.8, 4) is 11.9 Å². The van der Waals surface area contributed by atoms with E-state index >= 15 is 0 Å². The first-order valence-corrected chi connectivity index (χ1v) is 9.88. The van der Waals surface area contributed by atoms with Gasteiger partial charge in [-0.1, -0.05) is 19.3 Å². The zero-order valence-corrected chi connectivity index (χ0v) is 17.2. The van der Waals surface area contributed by atoms with E-state index in [1.165, 1.54) is 29.7 Å². The number of azo groups is 1. The monoisotopic (exact) mass is 459 g/mol. The highest BCUT2D eigenvalue weighted by Gasteiger charge is 2.25. The molecule has 0 amide bonds. The van der Waals surface area contributed by atoms with Crippen LogP contribution in [0.5, 0.6) is 5.88 Å². The maximum atomic E-state index is 13.1. The second-order valence-electron chi connectivity index (χ2n) is 6.84. The first kappa shape index (κ1) is 20.7. The van der Waals surface area contributed by atoms with E-state index in [0.29, 0.717) is 10.2 Å². The third-order valence-electron chi connectivity index (χ3n) is 5.05. The van der Waals surface area contributed by atoms with Crippen molar-refractivity contribution in [1.29, 1.82) is 5.26 Å². The summed E-state index contributed by atoms with van der Waals surface area (Å²) in [7, 11) is 0. The van der Waals surface area contributed by atoms with E-state index in [2.05, 4.69) is 26.2 Å². The van der Waals surface area contributed by atoms with Gasteiger partial charge in [0.1, 0.15) is 17.3 Å². The molecule has 0 radical (unpaired) electrons. The fourth-order valence-corrected chi connectivity index (χ4v) is 3.95. The number of nitro groups is 1. The summed E-state index contributed by atoms with van der Waals surface area (Å²) in [6, 6.07) is 5.74. The minimum absolute atomic E-state index is 0.00751. The Bertz CT molecular complexity index is 1100. The molecule has 3 rings (SSSR count). The molecule has 1 aliphatic rings. The lowest BCUT2D eigenvalue weighted by Gasteiger charge is -2.25. The fraction of sp³-hybridized carbons (Fsp3) is 0.368. The molecule has 29 heavy (non-hydrogen) atoms. The van der Waals surface area contributed by atoms with Gasteiger partial charge in [-0.05, 0) is 41.8 Å². The summed E-state index contributed by atoms with van der Waals surface area (Å²) in [6.45, 7) is 1.53. The van der Waals surface area contributed by atoms with Crippen LogP contribution in [0.2, 0.25) is 0 Å². The van der Waals surface area contributed by atoms with Crippen molar-refractivity contribution in [3.05, 3.63) is 54.3 Å². The molecule has 1 aliphatic carbocycles. The lowest BCUT2D eigenvalue weighted by molar-refractivity contribution is -0.384. The number of halogens is 1. The molecule has 0 spiro atoms. The largest absolute Gasteiger partial charge is 0.493 e. The summed E-state index contributed by atoms with van der Waals surface area (Å²) in [4.78, 5) is 23.4. The Hall–Kier alpha value is -3.06. The summed E-state index contributed by atoms with van der Waals surface area (Å²) in [5, 5.41) is 39.0. The quantitative estimate of drug-likeness (QED) is 0.374. The summed E-state index contributed by atoms with van der Waals surface area (Å²) in [6.07, 6.45) is 4.44. The van der Waals surface area contributed by atoms with Crippen LogP contribution in [-0.2, 0) is 0 Å². The van der Waals surface area contributed by atoms with Gasteiger partial charge in [-0.2, -0.15) is 5.26 Å². The molecule has 1 aromatic carbocycles. The first-order chi connectivity index (χ1) is 13.8. The standard InChI is InChI=1S/C19H18BrN5O4/c1-11-14(10-21)18(26)24(12-5-3-2-4-6-12)19(27)17(11)23-22-16-8-7-13(25(28)29)9-15(16)20/h7-9,12,26H,2-6H2,1H3. The van der Waals surface area contributed by atoms with Crippen molar-refractivity contribution >= 4 is 33.0 Å². The van der Waals surface area contributed by atoms with Gasteiger partial charge in [-0.25, -0.2) is 0 Å². The van der Waals surface area contributed by atoms with Crippen LogP contribution in [-0.4, -0.2) is 14.6 Å². The highest BCUT2D eigenvalue weighted by Crippen LogP contribution is 2.35. The third-order valence-corrected chi connectivity index (χ3v) is 5.69. The van der Waals surface area contributed by atoms with Gasteiger partial charge in [-0.15, -0.1) is 10.2 Å². The maximum absolute atomic E-state index is 13.1. The number of benzene rings is 1. The molecular weight excluding hydrogens is 442 g/mol. The number of hydrogen-bond donors (Lipinski definition) is 1. The van der Waals surface area contributed by atoms with Gasteiger partial charge >= 0.3 is 0 Å². The second-order valence-corrected chi connectivity index (χ2v) is 7.70. The number of aromatic hydroxyl groups is 1. The van der Waals surface area contributed by atoms with Crippen LogP contribution in [0, 0.1) is 28.4 Å². The van der Waals surface area contributed by atoms with Gasteiger partial charge in [0.15, 0.2) is 5.69 Å². The molecule has 10 heteroatoms. The molecule has 1 N–H and O–H groups in total. The molecular formula is C19H18BrN5O4. The van der Waals surface area contributed by atoms with Crippen LogP contribution in [0.25, 0.3) is 0 Å². The van der Waals surface area contributed by atoms with Crippen LogP contribution in [0.1, 0.15) is 49.3 Å². The number of nitrogens with zero attached hydrogens (tertiary/aromatic N) is 5. The van der Waals surface area contributed by atoms with Crippen molar-refractivity contribution in [2.24, 2.45) is 10.2 Å². The van der Waals surface area contributed by atoms with E-state index in [0.717, 1.165) is 32.1 Å². The van der Waals surface area contributed by atoms with E-state index in [4.69, 9.17) is 0 Å². The van der Waals surface area contributed by atoms with Crippen molar-refractivity contribution in [1.82, 2.24) is 4.57 Å². The summed E-state index contributed by atoms with van der Waals surface area (Å²) < 4.78 is 1.60. The zero-order valence-electron chi connectivity index (χ0n) is 15.6. The van der Waals surface area contributed by atoms with Gasteiger partial charge in [0.05, 0.1) is 9.40 Å². The Kier molecular flexibility index (Phi) is 6.08. The van der Waals surface area contributed by atoms with Crippen LogP contribution >= 0.6 is 15.9 Å². The lowest BCUT2D eigenvalue weighted by Crippen LogP contribution is -2.27. The highest BCUT2D eigenvalue weighted by atomic mass is 79.9. The Morgan fingerprint density at radius 1 is 1.31 bits per heavy atom. The van der Waals surface area contributed by atoms with E-state index in [-0.39, 0.29) is 34.4 Å². The number of nitriles is 1. The molecule has 1 saturated carbocycles. The number of pyridine rings is 1. The molecule has 1 heterocycles. The molecule has 0 unspecified atom stereocenters. The average Bonchev–Trinajstić information content (AvgIpc) is 2.70. The number of non-ortho nitro benzene ring substituents is 1. The Balaban J connectivity index is 2.10. The van der Waals surface area contributed by atoms with Gasteiger partial charge in [0.25, 0.3) is 11.2 Å². The van der Waals surface area contributed by atoms with Gasteiger partial charge in [0, 0.05) is 23.7 Å². The van der Waals surface area contributed by atoms with E-state index in [1.807, 2.05) is 6.07 Å². The van der Waals surface area contributed by atoms with Crippen molar-refractivity contribution in [3.63, 3.8) is 0 Å². The Morgan fingerprint density at radius 3 is 2.59 bits per heavy atom. The fourth-order valence-electron chi connectivity index (χ4n) is 3.50. The van der Waals surface area contributed by atoms with Crippen LogP contribution in [0.15, 0.2) is 37.7 Å². The lowest BCUT2D eigenvalue weighted by atomic mass is 9.94. The van der Waals surface area contributed by atoms with E-state index < -0.39 is 10.5 Å². The Labute approximate surface area is 174 Å². The molecule has 2 aromatic rings. The molecule has 0 aliphatic heterocycles. The third kappa shape index (κ3) is 4.05. The van der Waals surface area contributed by atoms with Crippen LogP contribution < -0.4 is 5.56 Å². The highest BCUT2D eigenvalue weighted by molar-refractivity contribution is 9.10. The van der Waals surface area contributed by atoms with Crippen molar-refractivity contribution in [2.45, 2.75) is 45.1 Å². The van der Waals surface area contributed by atoms with Gasteiger partial charge < -0.3 is 5.11 Å². The molecule has 0 bridgehead atoms. The second kappa shape index (κ2) is 8.53. The maximum Gasteiger partial charge on any atom is 0.281 e. The van der Waals surface area contributed by atoms with Crippen LogP contribution in [0.3, 0.4) is 0 Å². The number of rotatable bonds is 4. The zero-order chi connectivity index (χ0) is 21.1. The molecule has 0 atom stereocenters. The molecule has 150 valence electrons. The van der Waals surface area contributed by atoms with Crippen LogP contribution in [0.4, 0.5) is 17.1 Å². The minimum atomic E-state index is -0.530. The van der Waals surface area contributed by atoms with E-state index in [9.17, 15) is 25.3 Å².